The lowest BCUT2D eigenvalue weighted by atomic mass is 9.90. The average Bonchev–Trinajstić information content (AvgIpc) is 2.73. The van der Waals surface area contributed by atoms with Gasteiger partial charge in [-0.1, -0.05) is 19.3 Å². The fraction of sp³-hybridized carbons (Fsp3) is 0.583. The van der Waals surface area contributed by atoms with Gasteiger partial charge in [0, 0.05) is 5.92 Å². The molecule has 0 spiro atoms. The van der Waals surface area contributed by atoms with Gasteiger partial charge in [-0.3, -0.25) is 4.79 Å². The first-order valence-electron chi connectivity index (χ1n) is 6.02. The van der Waals surface area contributed by atoms with E-state index in [1.807, 2.05) is 0 Å². The number of nitrogens with zero attached hydrogens (tertiary/aromatic N) is 1. The van der Waals surface area contributed by atoms with Crippen LogP contribution in [0.2, 0.25) is 0 Å². The van der Waals surface area contributed by atoms with E-state index in [0.717, 1.165) is 30.7 Å². The Morgan fingerprint density at radius 2 is 1.89 bits per heavy atom. The molecule has 0 aromatic carbocycles. The van der Waals surface area contributed by atoms with Crippen LogP contribution in [0.4, 0.5) is 0 Å². The third-order valence-corrected chi connectivity index (χ3v) is 4.40. The van der Waals surface area contributed by atoms with E-state index in [1.165, 1.54) is 17.8 Å². The third kappa shape index (κ3) is 2.87. The molecule has 6 heteroatoms. The molecule has 98 valence electrons. The molecular formula is C12H15NO4S. The van der Waals surface area contributed by atoms with E-state index in [1.54, 1.807) is 0 Å². The molecule has 0 atom stereocenters. The van der Waals surface area contributed by atoms with Crippen LogP contribution in [0.15, 0.2) is 0 Å². The van der Waals surface area contributed by atoms with Crippen molar-refractivity contribution in [2.45, 2.75) is 44.4 Å². The van der Waals surface area contributed by atoms with E-state index in [4.69, 9.17) is 10.2 Å². The number of aromatic nitrogens is 1. The minimum absolute atomic E-state index is 0.0806. The summed E-state index contributed by atoms with van der Waals surface area (Å²) in [5, 5.41) is 18.6. The highest BCUT2D eigenvalue weighted by molar-refractivity contribution is 7.12. The van der Waals surface area contributed by atoms with Crippen LogP contribution in [0.25, 0.3) is 0 Å². The molecule has 0 amide bonds. The monoisotopic (exact) mass is 269 g/mol. The van der Waals surface area contributed by atoms with Gasteiger partial charge in [0.25, 0.3) is 0 Å². The minimum atomic E-state index is -1.13. The van der Waals surface area contributed by atoms with Gasteiger partial charge in [0.1, 0.15) is 0 Å². The van der Waals surface area contributed by atoms with Gasteiger partial charge in [-0.25, -0.2) is 9.78 Å². The summed E-state index contributed by atoms with van der Waals surface area (Å²) in [7, 11) is 0. The lowest BCUT2D eigenvalue weighted by Gasteiger charge is -2.18. The van der Waals surface area contributed by atoms with Crippen LogP contribution >= 0.6 is 11.3 Å². The second-order valence-electron chi connectivity index (χ2n) is 4.53. The minimum Gasteiger partial charge on any atom is -0.481 e. The number of aliphatic carboxylic acids is 1. The lowest BCUT2D eigenvalue weighted by molar-refractivity contribution is -0.136. The standard InChI is InChI=1S/C12H15NO4S/c14-9(15)6-8-10(12(16)17)13-11(18-8)7-4-2-1-3-5-7/h7H,1-6H2,(H,14,15)(H,16,17). The lowest BCUT2D eigenvalue weighted by Crippen LogP contribution is -2.07. The highest BCUT2D eigenvalue weighted by Crippen LogP contribution is 2.36. The van der Waals surface area contributed by atoms with Gasteiger partial charge in [-0.15, -0.1) is 11.3 Å². The number of carboxylic acid groups (broad SMARTS) is 2. The van der Waals surface area contributed by atoms with E-state index in [-0.39, 0.29) is 12.1 Å². The molecule has 18 heavy (non-hydrogen) atoms. The topological polar surface area (TPSA) is 87.5 Å². The van der Waals surface area contributed by atoms with Crippen molar-refractivity contribution in [3.8, 4) is 0 Å². The smallest absolute Gasteiger partial charge is 0.355 e. The van der Waals surface area contributed by atoms with Gasteiger partial charge in [-0.05, 0) is 12.8 Å². The van der Waals surface area contributed by atoms with Crippen molar-refractivity contribution in [2.75, 3.05) is 0 Å². The van der Waals surface area contributed by atoms with E-state index in [0.29, 0.717) is 10.8 Å². The summed E-state index contributed by atoms with van der Waals surface area (Å²) in [6.45, 7) is 0. The van der Waals surface area contributed by atoms with Crippen LogP contribution in [-0.4, -0.2) is 27.1 Å². The largest absolute Gasteiger partial charge is 0.481 e. The van der Waals surface area contributed by atoms with E-state index in [9.17, 15) is 9.59 Å². The Balaban J connectivity index is 2.26. The van der Waals surface area contributed by atoms with Gasteiger partial charge in [0.2, 0.25) is 0 Å². The molecule has 1 aliphatic rings. The van der Waals surface area contributed by atoms with Crippen molar-refractivity contribution < 1.29 is 19.8 Å². The third-order valence-electron chi connectivity index (χ3n) is 3.18. The Morgan fingerprint density at radius 3 is 2.44 bits per heavy atom. The number of aromatic carboxylic acids is 1. The molecule has 0 radical (unpaired) electrons. The Kier molecular flexibility index (Phi) is 3.96. The first-order chi connectivity index (χ1) is 8.58. The molecule has 5 nitrogen and oxygen atoms in total. The van der Waals surface area contributed by atoms with E-state index >= 15 is 0 Å². The Bertz CT molecular complexity index is 463. The van der Waals surface area contributed by atoms with Gasteiger partial charge < -0.3 is 10.2 Å². The van der Waals surface area contributed by atoms with Crippen LogP contribution in [0.3, 0.4) is 0 Å². The van der Waals surface area contributed by atoms with Gasteiger partial charge in [0.05, 0.1) is 16.3 Å². The molecule has 2 N–H and O–H groups in total. The second-order valence-corrected chi connectivity index (χ2v) is 5.65. The van der Waals surface area contributed by atoms with Crippen LogP contribution in [0.5, 0.6) is 0 Å². The predicted molar refractivity (Wildman–Crippen MR) is 66.2 cm³/mol. The summed E-state index contributed by atoms with van der Waals surface area (Å²) in [6, 6.07) is 0. The maximum Gasteiger partial charge on any atom is 0.355 e. The van der Waals surface area contributed by atoms with Crippen LogP contribution in [0, 0.1) is 0 Å². The zero-order chi connectivity index (χ0) is 13.1. The number of carboxylic acids is 2. The maximum atomic E-state index is 11.1. The quantitative estimate of drug-likeness (QED) is 0.876. The first kappa shape index (κ1) is 13.0. The molecule has 1 heterocycles. The number of rotatable bonds is 4. The number of hydrogen-bond acceptors (Lipinski definition) is 4. The Labute approximate surface area is 108 Å². The summed E-state index contributed by atoms with van der Waals surface area (Å²) in [5.41, 5.74) is -0.0806. The SMILES string of the molecule is O=C(O)Cc1sc(C2CCCCC2)nc1C(=O)O. The molecule has 1 aromatic heterocycles. The summed E-state index contributed by atoms with van der Waals surface area (Å²) in [5.74, 6) is -1.84. The van der Waals surface area contributed by atoms with Crippen LogP contribution in [0.1, 0.15) is 58.4 Å². The highest BCUT2D eigenvalue weighted by Gasteiger charge is 2.24. The second kappa shape index (κ2) is 5.48. The zero-order valence-corrected chi connectivity index (χ0v) is 10.7. The van der Waals surface area contributed by atoms with Crippen molar-refractivity contribution in [2.24, 2.45) is 0 Å². The van der Waals surface area contributed by atoms with Crippen molar-refractivity contribution >= 4 is 23.3 Å². The molecule has 1 aliphatic carbocycles. The summed E-state index contributed by atoms with van der Waals surface area (Å²) in [6.07, 6.45) is 5.29. The molecule has 0 unspecified atom stereocenters. The van der Waals surface area contributed by atoms with Crippen molar-refractivity contribution in [1.82, 2.24) is 4.98 Å². The van der Waals surface area contributed by atoms with Crippen LogP contribution < -0.4 is 0 Å². The Morgan fingerprint density at radius 1 is 1.22 bits per heavy atom. The van der Waals surface area contributed by atoms with Crippen molar-refractivity contribution in [3.63, 3.8) is 0 Å². The normalized spacial score (nSPS) is 16.7. The molecule has 0 saturated heterocycles. The molecule has 1 fully saturated rings. The van der Waals surface area contributed by atoms with Gasteiger partial charge >= 0.3 is 11.9 Å². The fourth-order valence-electron chi connectivity index (χ4n) is 2.32. The summed E-state index contributed by atoms with van der Waals surface area (Å²) < 4.78 is 0. The number of thiazole rings is 1. The van der Waals surface area contributed by atoms with E-state index in [2.05, 4.69) is 4.98 Å². The zero-order valence-electron chi connectivity index (χ0n) is 9.89. The number of hydrogen-bond donors (Lipinski definition) is 2. The first-order valence-corrected chi connectivity index (χ1v) is 6.84. The average molecular weight is 269 g/mol. The van der Waals surface area contributed by atoms with Crippen molar-refractivity contribution in [3.05, 3.63) is 15.6 Å². The van der Waals surface area contributed by atoms with Crippen molar-refractivity contribution in [1.29, 1.82) is 0 Å². The van der Waals surface area contributed by atoms with Crippen LogP contribution in [-0.2, 0) is 11.2 Å². The Hall–Kier alpha value is -1.43. The maximum absolute atomic E-state index is 11.1. The molecule has 2 rings (SSSR count). The molecule has 1 aromatic rings. The van der Waals surface area contributed by atoms with Gasteiger partial charge in [-0.2, -0.15) is 0 Å². The highest BCUT2D eigenvalue weighted by atomic mass is 32.1. The van der Waals surface area contributed by atoms with E-state index < -0.39 is 11.9 Å². The summed E-state index contributed by atoms with van der Waals surface area (Å²) in [4.78, 5) is 26.3. The number of carbonyl (C=O) groups is 2. The molecule has 0 aliphatic heterocycles. The molecule has 0 bridgehead atoms. The summed E-state index contributed by atoms with van der Waals surface area (Å²) >= 11 is 1.25. The fourth-order valence-corrected chi connectivity index (χ4v) is 3.54. The predicted octanol–water partition coefficient (Wildman–Crippen LogP) is 2.52. The molecule has 1 saturated carbocycles. The molecular weight excluding hydrogens is 254 g/mol. The van der Waals surface area contributed by atoms with Gasteiger partial charge in [0.15, 0.2) is 5.69 Å².